The molecule has 0 atom stereocenters. The van der Waals surface area contributed by atoms with Crippen LogP contribution in [0.1, 0.15) is 302 Å². The van der Waals surface area contributed by atoms with Crippen molar-refractivity contribution in [2.75, 3.05) is 20.4 Å². The third-order valence-electron chi connectivity index (χ3n) is 14.2. The van der Waals surface area contributed by atoms with E-state index < -0.39 is 20.4 Å². The summed E-state index contributed by atoms with van der Waals surface area (Å²) < 4.78 is 13.7. The summed E-state index contributed by atoms with van der Waals surface area (Å²) in [5.41, 5.74) is 0.539. The Labute approximate surface area is 424 Å². The second-order valence-electron chi connectivity index (χ2n) is 20.1. The first kappa shape index (κ1) is 66.5. The first-order chi connectivity index (χ1) is 33.9. The standard InChI is InChI=1S/C60H110O9/c1-2-60(51-45-39-33-27-21-15-9-3-6-12-18-24-30-36-42-48-57(64)67-54-61,52-46-40-34-28-22-16-10-4-7-13-19-25-31-37-43-49-58(65)68-55-62)53-47-41-35-29-23-17-11-5-8-14-20-26-32-38-44-50-59(66)69-56-63/h3-8,61-63H,2,9-56H2,1H3/b6-3-,7-4-,8-5-. The number of ether oxygens (including phenoxy) is 3. The number of carbonyl (C=O) groups is 3. The Morgan fingerprint density at radius 3 is 0.696 bits per heavy atom. The van der Waals surface area contributed by atoms with Crippen molar-refractivity contribution in [2.45, 2.75) is 302 Å². The van der Waals surface area contributed by atoms with Crippen molar-refractivity contribution in [1.82, 2.24) is 0 Å². The lowest BCUT2D eigenvalue weighted by Gasteiger charge is -2.34. The van der Waals surface area contributed by atoms with Crippen LogP contribution in [0.2, 0.25) is 0 Å². The fraction of sp³-hybridized carbons (Fsp3) is 0.850. The number of esters is 3. The molecule has 0 aromatic carbocycles. The zero-order valence-corrected chi connectivity index (χ0v) is 44.9. The molecule has 3 N–H and O–H groups in total. The molecule has 0 fully saturated rings. The van der Waals surface area contributed by atoms with E-state index in [4.69, 9.17) is 15.3 Å². The van der Waals surface area contributed by atoms with Crippen LogP contribution in [0.25, 0.3) is 0 Å². The minimum Gasteiger partial charge on any atom is -0.439 e. The van der Waals surface area contributed by atoms with Gasteiger partial charge in [-0.25, -0.2) is 0 Å². The molecular weight excluding hydrogens is 865 g/mol. The lowest BCUT2D eigenvalue weighted by Crippen LogP contribution is -2.20. The van der Waals surface area contributed by atoms with E-state index in [1.54, 1.807) is 0 Å². The molecule has 0 aliphatic heterocycles. The number of carbonyl (C=O) groups excluding carboxylic acids is 3. The fourth-order valence-corrected chi connectivity index (χ4v) is 9.64. The Morgan fingerprint density at radius 2 is 0.493 bits per heavy atom. The number of aliphatic hydroxyl groups excluding tert-OH is 3. The minimum atomic E-state index is -0.512. The van der Waals surface area contributed by atoms with E-state index >= 15 is 0 Å². The third kappa shape index (κ3) is 50.3. The summed E-state index contributed by atoms with van der Waals surface area (Å²) >= 11 is 0. The molecule has 0 radical (unpaired) electrons. The van der Waals surface area contributed by atoms with E-state index in [-0.39, 0.29) is 17.9 Å². The van der Waals surface area contributed by atoms with E-state index in [0.29, 0.717) is 24.7 Å². The predicted octanol–water partition coefficient (Wildman–Crippen LogP) is 17.1. The summed E-state index contributed by atoms with van der Waals surface area (Å²) in [6, 6.07) is 0. The summed E-state index contributed by atoms with van der Waals surface area (Å²) in [5.74, 6) is -0.896. The highest BCUT2D eigenvalue weighted by molar-refractivity contribution is 5.69. The second-order valence-corrected chi connectivity index (χ2v) is 20.1. The van der Waals surface area contributed by atoms with Crippen LogP contribution in [-0.2, 0) is 28.6 Å². The van der Waals surface area contributed by atoms with E-state index in [1.165, 1.54) is 199 Å². The number of hydrogen-bond donors (Lipinski definition) is 3. The van der Waals surface area contributed by atoms with Gasteiger partial charge in [0.1, 0.15) is 0 Å². The molecule has 0 unspecified atom stereocenters. The summed E-state index contributed by atoms with van der Waals surface area (Å²) in [5, 5.41) is 25.9. The van der Waals surface area contributed by atoms with Gasteiger partial charge in [-0.1, -0.05) is 204 Å². The number of allylic oxidation sites excluding steroid dienone is 6. The van der Waals surface area contributed by atoms with Crippen LogP contribution in [0, 0.1) is 5.41 Å². The average Bonchev–Trinajstić information content (AvgIpc) is 3.34. The topological polar surface area (TPSA) is 140 Å². The molecule has 0 bridgehead atoms. The number of unbranched alkanes of at least 4 members (excludes halogenated alkanes) is 33. The van der Waals surface area contributed by atoms with Crippen molar-refractivity contribution in [1.29, 1.82) is 0 Å². The number of aliphatic hydroxyl groups is 3. The van der Waals surface area contributed by atoms with E-state index in [1.807, 2.05) is 0 Å². The predicted molar refractivity (Wildman–Crippen MR) is 287 cm³/mol. The quantitative estimate of drug-likeness (QED) is 0.0179. The van der Waals surface area contributed by atoms with Crippen molar-refractivity contribution in [2.24, 2.45) is 5.41 Å². The molecule has 0 spiro atoms. The summed E-state index contributed by atoms with van der Waals surface area (Å²) in [6.07, 6.45) is 69.2. The van der Waals surface area contributed by atoms with Gasteiger partial charge < -0.3 is 29.5 Å². The lowest BCUT2D eigenvalue weighted by atomic mass is 9.72. The van der Waals surface area contributed by atoms with Gasteiger partial charge in [-0.3, -0.25) is 14.4 Å². The molecule has 0 rings (SSSR count). The molecule has 9 nitrogen and oxygen atoms in total. The molecule has 0 heterocycles. The molecular formula is C60H110O9. The van der Waals surface area contributed by atoms with Gasteiger partial charge in [0.25, 0.3) is 0 Å². The van der Waals surface area contributed by atoms with Gasteiger partial charge in [0, 0.05) is 19.3 Å². The van der Waals surface area contributed by atoms with Crippen LogP contribution in [-0.4, -0.2) is 53.6 Å². The van der Waals surface area contributed by atoms with Gasteiger partial charge in [-0.2, -0.15) is 0 Å². The molecule has 404 valence electrons. The van der Waals surface area contributed by atoms with Crippen molar-refractivity contribution in [3.8, 4) is 0 Å². The maximum absolute atomic E-state index is 11.3. The SMILES string of the molecule is CCC(CCCCCCCC/C=C\CCCCCCCC(=O)OCO)(CCCCCCCC/C=C\CCCCCCCC(=O)OCO)CCCCCCCC/C=C\CCCCCCCC(=O)OCO. The summed E-state index contributed by atoms with van der Waals surface area (Å²) in [7, 11) is 0. The van der Waals surface area contributed by atoms with Gasteiger partial charge in [0.15, 0.2) is 20.4 Å². The van der Waals surface area contributed by atoms with Gasteiger partial charge in [-0.05, 0) is 121 Å². The molecule has 69 heavy (non-hydrogen) atoms. The normalized spacial score (nSPS) is 12.0. The Morgan fingerprint density at radius 1 is 0.304 bits per heavy atom. The van der Waals surface area contributed by atoms with Gasteiger partial charge in [0.2, 0.25) is 0 Å². The summed E-state index contributed by atoms with van der Waals surface area (Å²) in [4.78, 5) is 33.9. The Kier molecular flexibility index (Phi) is 52.9. The Bertz CT molecular complexity index is 1060. The van der Waals surface area contributed by atoms with Crippen molar-refractivity contribution < 1.29 is 43.9 Å². The Hall–Kier alpha value is -2.49. The smallest absolute Gasteiger partial charge is 0.307 e. The molecule has 0 aliphatic rings. The molecule has 0 aliphatic carbocycles. The number of rotatable bonds is 55. The van der Waals surface area contributed by atoms with Crippen LogP contribution in [0.4, 0.5) is 0 Å². The highest BCUT2D eigenvalue weighted by atomic mass is 16.6. The van der Waals surface area contributed by atoms with Gasteiger partial charge >= 0.3 is 17.9 Å². The van der Waals surface area contributed by atoms with Gasteiger partial charge in [-0.15, -0.1) is 0 Å². The average molecular weight is 976 g/mol. The molecule has 9 heteroatoms. The van der Waals surface area contributed by atoms with Gasteiger partial charge in [0.05, 0.1) is 0 Å². The largest absolute Gasteiger partial charge is 0.439 e. The van der Waals surface area contributed by atoms with Crippen LogP contribution in [0.5, 0.6) is 0 Å². The summed E-state index contributed by atoms with van der Waals surface area (Å²) in [6.45, 7) is 0.949. The first-order valence-corrected chi connectivity index (χ1v) is 29.2. The lowest BCUT2D eigenvalue weighted by molar-refractivity contribution is -0.152. The molecule has 0 aromatic heterocycles. The van der Waals surface area contributed by atoms with E-state index in [0.717, 1.165) is 77.0 Å². The monoisotopic (exact) mass is 975 g/mol. The molecule has 0 amide bonds. The maximum atomic E-state index is 11.3. The highest BCUT2D eigenvalue weighted by Gasteiger charge is 2.26. The fourth-order valence-electron chi connectivity index (χ4n) is 9.64. The molecule has 0 saturated carbocycles. The maximum Gasteiger partial charge on any atom is 0.307 e. The van der Waals surface area contributed by atoms with Crippen LogP contribution >= 0.6 is 0 Å². The van der Waals surface area contributed by atoms with Crippen molar-refractivity contribution in [3.63, 3.8) is 0 Å². The first-order valence-electron chi connectivity index (χ1n) is 29.2. The van der Waals surface area contributed by atoms with Crippen molar-refractivity contribution in [3.05, 3.63) is 36.5 Å². The van der Waals surface area contributed by atoms with E-state index in [9.17, 15) is 14.4 Å². The van der Waals surface area contributed by atoms with Crippen molar-refractivity contribution >= 4 is 17.9 Å². The minimum absolute atomic E-state index is 0.299. The van der Waals surface area contributed by atoms with Crippen LogP contribution in [0.15, 0.2) is 36.5 Å². The Balaban J connectivity index is 4.36. The third-order valence-corrected chi connectivity index (χ3v) is 14.2. The molecule has 0 aromatic rings. The van der Waals surface area contributed by atoms with Crippen LogP contribution < -0.4 is 0 Å². The highest BCUT2D eigenvalue weighted by Crippen LogP contribution is 2.40. The molecule has 0 saturated heterocycles. The van der Waals surface area contributed by atoms with E-state index in [2.05, 4.69) is 57.6 Å². The second kappa shape index (κ2) is 54.8. The van der Waals surface area contributed by atoms with Crippen LogP contribution in [0.3, 0.4) is 0 Å². The number of hydrogen-bond acceptors (Lipinski definition) is 9. The zero-order valence-electron chi connectivity index (χ0n) is 44.9. The zero-order chi connectivity index (χ0) is 50.2.